The van der Waals surface area contributed by atoms with Crippen LogP contribution in [0.1, 0.15) is 36.0 Å². The first-order valence-electron chi connectivity index (χ1n) is 8.14. The van der Waals surface area contributed by atoms with Crippen LogP contribution >= 0.6 is 0 Å². The molecule has 0 N–H and O–H groups in total. The topological polar surface area (TPSA) is 55.3 Å². The van der Waals surface area contributed by atoms with Gasteiger partial charge >= 0.3 is 0 Å². The van der Waals surface area contributed by atoms with E-state index in [2.05, 4.69) is 9.97 Å². The van der Waals surface area contributed by atoms with Gasteiger partial charge in [0.2, 0.25) is 0 Å². The molecule has 0 radical (unpaired) electrons. The molecule has 1 aromatic heterocycles. The second-order valence-electron chi connectivity index (χ2n) is 6.31. The van der Waals surface area contributed by atoms with Crippen molar-refractivity contribution in [1.82, 2.24) is 14.9 Å². The molecular formula is C18H18FN3O2. The SMILES string of the molecule is Cc1ncc2c(n1)CC1CCC2N1C(=O)COc1ccc(F)cc1. The molecule has 1 amide bonds. The van der Waals surface area contributed by atoms with Crippen LogP contribution < -0.4 is 4.74 Å². The van der Waals surface area contributed by atoms with E-state index in [0.29, 0.717) is 5.75 Å². The third-order valence-corrected chi connectivity index (χ3v) is 4.77. The van der Waals surface area contributed by atoms with Crippen molar-refractivity contribution in [2.24, 2.45) is 0 Å². The monoisotopic (exact) mass is 327 g/mol. The van der Waals surface area contributed by atoms with Gasteiger partial charge in [-0.1, -0.05) is 0 Å². The zero-order valence-corrected chi connectivity index (χ0v) is 13.4. The number of hydrogen-bond donors (Lipinski definition) is 0. The van der Waals surface area contributed by atoms with Gasteiger partial charge in [-0.15, -0.1) is 0 Å². The molecule has 1 aromatic carbocycles. The summed E-state index contributed by atoms with van der Waals surface area (Å²) in [6, 6.07) is 5.92. The molecule has 2 unspecified atom stereocenters. The summed E-state index contributed by atoms with van der Waals surface area (Å²) in [5.41, 5.74) is 2.13. The predicted molar refractivity (Wildman–Crippen MR) is 85.0 cm³/mol. The lowest BCUT2D eigenvalue weighted by molar-refractivity contribution is -0.137. The lowest BCUT2D eigenvalue weighted by Gasteiger charge is -2.35. The minimum atomic E-state index is -0.324. The van der Waals surface area contributed by atoms with E-state index < -0.39 is 0 Å². The van der Waals surface area contributed by atoms with Gasteiger partial charge in [-0.3, -0.25) is 4.79 Å². The number of benzene rings is 1. The standard InChI is InChI=1S/C18H18FN3O2/c1-11-20-9-15-16(21-11)8-13-4-7-17(15)22(13)18(23)10-24-14-5-2-12(19)3-6-14/h2-3,5-6,9,13,17H,4,7-8,10H2,1H3. The number of rotatable bonds is 3. The van der Waals surface area contributed by atoms with Gasteiger partial charge in [0.05, 0.1) is 11.7 Å². The zero-order chi connectivity index (χ0) is 16.7. The van der Waals surface area contributed by atoms with E-state index in [0.717, 1.165) is 36.3 Å². The Morgan fingerprint density at radius 3 is 2.92 bits per heavy atom. The van der Waals surface area contributed by atoms with Gasteiger partial charge in [0.1, 0.15) is 17.4 Å². The molecular weight excluding hydrogens is 309 g/mol. The smallest absolute Gasteiger partial charge is 0.261 e. The highest BCUT2D eigenvalue weighted by Gasteiger charge is 2.43. The average molecular weight is 327 g/mol. The van der Waals surface area contributed by atoms with Crippen molar-refractivity contribution in [3.05, 3.63) is 53.4 Å². The molecule has 2 atom stereocenters. The number of hydrogen-bond acceptors (Lipinski definition) is 4. The molecule has 2 aromatic rings. The van der Waals surface area contributed by atoms with Gasteiger partial charge in [-0.2, -0.15) is 0 Å². The van der Waals surface area contributed by atoms with Crippen LogP contribution in [0, 0.1) is 12.7 Å². The Morgan fingerprint density at radius 2 is 2.12 bits per heavy atom. The normalized spacial score (nSPS) is 21.5. The highest BCUT2D eigenvalue weighted by atomic mass is 19.1. The van der Waals surface area contributed by atoms with Crippen molar-refractivity contribution >= 4 is 5.91 Å². The Hall–Kier alpha value is -2.50. The average Bonchev–Trinajstić information content (AvgIpc) is 2.89. The summed E-state index contributed by atoms with van der Waals surface area (Å²) in [7, 11) is 0. The lowest BCUT2D eigenvalue weighted by Crippen LogP contribution is -2.44. The number of nitrogens with zero attached hydrogens (tertiary/aromatic N) is 3. The largest absolute Gasteiger partial charge is 0.484 e. The fraction of sp³-hybridized carbons (Fsp3) is 0.389. The van der Waals surface area contributed by atoms with Gasteiger partial charge in [-0.25, -0.2) is 14.4 Å². The molecule has 24 heavy (non-hydrogen) atoms. The first-order chi connectivity index (χ1) is 11.6. The lowest BCUT2D eigenvalue weighted by atomic mass is 9.99. The Labute approximate surface area is 139 Å². The van der Waals surface area contributed by atoms with Crippen LogP contribution in [0.4, 0.5) is 4.39 Å². The molecule has 5 nitrogen and oxygen atoms in total. The summed E-state index contributed by atoms with van der Waals surface area (Å²) >= 11 is 0. The number of carbonyl (C=O) groups is 1. The number of amides is 1. The van der Waals surface area contributed by atoms with Crippen LogP contribution in [0.3, 0.4) is 0 Å². The molecule has 2 bridgehead atoms. The molecule has 4 rings (SSSR count). The first kappa shape index (κ1) is 15.1. The Bertz CT molecular complexity index is 778. The van der Waals surface area contributed by atoms with E-state index in [4.69, 9.17) is 4.74 Å². The van der Waals surface area contributed by atoms with Crippen LogP contribution in [-0.4, -0.2) is 33.4 Å². The van der Waals surface area contributed by atoms with Crippen LogP contribution in [0.25, 0.3) is 0 Å². The van der Waals surface area contributed by atoms with Gasteiger partial charge in [0.15, 0.2) is 6.61 Å². The van der Waals surface area contributed by atoms with Crippen molar-refractivity contribution in [3.8, 4) is 5.75 Å². The maximum absolute atomic E-state index is 12.9. The number of ether oxygens (including phenoxy) is 1. The van der Waals surface area contributed by atoms with Gasteiger partial charge in [0.25, 0.3) is 5.91 Å². The highest BCUT2D eigenvalue weighted by Crippen LogP contribution is 2.42. The van der Waals surface area contributed by atoms with E-state index >= 15 is 0 Å². The quantitative estimate of drug-likeness (QED) is 0.869. The molecule has 124 valence electrons. The number of fused-ring (bicyclic) bond motifs is 4. The predicted octanol–water partition coefficient (Wildman–Crippen LogP) is 2.59. The van der Waals surface area contributed by atoms with Crippen LogP contribution in [0.15, 0.2) is 30.5 Å². The molecule has 3 heterocycles. The Morgan fingerprint density at radius 1 is 1.33 bits per heavy atom. The summed E-state index contributed by atoms with van der Waals surface area (Å²) in [4.78, 5) is 23.4. The molecule has 1 saturated heterocycles. The summed E-state index contributed by atoms with van der Waals surface area (Å²) in [6.07, 6.45) is 4.54. The third kappa shape index (κ3) is 2.62. The van der Waals surface area contributed by atoms with Gasteiger partial charge in [-0.05, 0) is 44.0 Å². The second kappa shape index (κ2) is 5.85. The molecule has 0 aliphatic carbocycles. The second-order valence-corrected chi connectivity index (χ2v) is 6.31. The zero-order valence-electron chi connectivity index (χ0n) is 13.4. The Balaban J connectivity index is 1.49. The molecule has 6 heteroatoms. The highest BCUT2D eigenvalue weighted by molar-refractivity contribution is 5.79. The van der Waals surface area contributed by atoms with Crippen LogP contribution in [0.5, 0.6) is 5.75 Å². The summed E-state index contributed by atoms with van der Waals surface area (Å²) in [6.45, 7) is 1.84. The van der Waals surface area contributed by atoms with E-state index in [-0.39, 0.29) is 30.4 Å². The van der Waals surface area contributed by atoms with Gasteiger partial charge < -0.3 is 9.64 Å². The summed E-state index contributed by atoms with van der Waals surface area (Å²) in [5.74, 6) is 0.897. The fourth-order valence-corrected chi connectivity index (χ4v) is 3.71. The van der Waals surface area contributed by atoms with Crippen molar-refractivity contribution < 1.29 is 13.9 Å². The third-order valence-electron chi connectivity index (χ3n) is 4.77. The fourth-order valence-electron chi connectivity index (χ4n) is 3.71. The number of carbonyl (C=O) groups excluding carboxylic acids is 1. The van der Waals surface area contributed by atoms with E-state index in [1.54, 1.807) is 0 Å². The van der Waals surface area contributed by atoms with E-state index in [1.807, 2.05) is 18.0 Å². The summed E-state index contributed by atoms with van der Waals surface area (Å²) < 4.78 is 18.4. The first-order valence-corrected chi connectivity index (χ1v) is 8.14. The number of aryl methyl sites for hydroxylation is 1. The maximum Gasteiger partial charge on any atom is 0.261 e. The van der Waals surface area contributed by atoms with Crippen LogP contribution in [-0.2, 0) is 11.2 Å². The number of aromatic nitrogens is 2. The molecule has 0 saturated carbocycles. The molecule has 2 aliphatic rings. The van der Waals surface area contributed by atoms with E-state index in [1.165, 1.54) is 24.3 Å². The molecule has 0 spiro atoms. The molecule has 2 aliphatic heterocycles. The number of halogens is 1. The van der Waals surface area contributed by atoms with Crippen LogP contribution in [0.2, 0.25) is 0 Å². The van der Waals surface area contributed by atoms with Crippen molar-refractivity contribution in [1.29, 1.82) is 0 Å². The van der Waals surface area contributed by atoms with Crippen molar-refractivity contribution in [2.45, 2.75) is 38.3 Å². The van der Waals surface area contributed by atoms with E-state index in [9.17, 15) is 9.18 Å². The van der Waals surface area contributed by atoms with Crippen molar-refractivity contribution in [3.63, 3.8) is 0 Å². The minimum absolute atomic E-state index is 0.0410. The Kier molecular flexibility index (Phi) is 3.67. The van der Waals surface area contributed by atoms with Gasteiger partial charge in [0, 0.05) is 24.2 Å². The summed E-state index contributed by atoms with van der Waals surface area (Å²) in [5, 5.41) is 0. The maximum atomic E-state index is 12.9. The molecule has 1 fully saturated rings. The van der Waals surface area contributed by atoms with Crippen molar-refractivity contribution in [2.75, 3.05) is 6.61 Å². The minimum Gasteiger partial charge on any atom is -0.484 e.